The van der Waals surface area contributed by atoms with E-state index >= 15 is 0 Å². The topological polar surface area (TPSA) is 46.5 Å². The van der Waals surface area contributed by atoms with Crippen LogP contribution in [0, 0.1) is 6.92 Å². The molecule has 3 nitrogen and oxygen atoms in total. The van der Waals surface area contributed by atoms with Gasteiger partial charge in [-0.25, -0.2) is 4.79 Å². The van der Waals surface area contributed by atoms with Crippen LogP contribution in [0.15, 0.2) is 54.1 Å². The second-order valence-corrected chi connectivity index (χ2v) is 7.25. The number of hydrogen-bond donors (Lipinski definition) is 1. The number of phenolic OH excluding ortho intramolecular Hbond substituents is 1. The van der Waals surface area contributed by atoms with Gasteiger partial charge in [0.05, 0.1) is 6.61 Å². The summed E-state index contributed by atoms with van der Waals surface area (Å²) < 4.78 is 4.93. The number of aryl methyl sites for hydroxylation is 1. The minimum absolute atomic E-state index is 0.323. The summed E-state index contributed by atoms with van der Waals surface area (Å²) in [6.45, 7) is 4.11. The molecule has 1 aliphatic carbocycles. The lowest BCUT2D eigenvalue weighted by Crippen LogP contribution is -2.01. The predicted molar refractivity (Wildman–Crippen MR) is 114 cm³/mol. The first-order valence-corrected chi connectivity index (χ1v) is 10.1. The third-order valence-corrected chi connectivity index (χ3v) is 5.19. The van der Waals surface area contributed by atoms with Gasteiger partial charge in [0.1, 0.15) is 5.75 Å². The molecule has 0 unspecified atom stereocenters. The minimum atomic E-state index is -0.323. The molecule has 0 aliphatic heterocycles. The van der Waals surface area contributed by atoms with Gasteiger partial charge in [-0.05, 0) is 85.6 Å². The fourth-order valence-corrected chi connectivity index (χ4v) is 3.73. The first-order chi connectivity index (χ1) is 13.6. The van der Waals surface area contributed by atoms with E-state index in [0.29, 0.717) is 12.4 Å². The zero-order valence-corrected chi connectivity index (χ0v) is 16.7. The van der Waals surface area contributed by atoms with Crippen LogP contribution in [0.1, 0.15) is 61.3 Å². The van der Waals surface area contributed by atoms with E-state index in [2.05, 4.69) is 18.2 Å². The molecule has 3 heteroatoms. The Bertz CT molecular complexity index is 881. The minimum Gasteiger partial charge on any atom is -0.508 e. The monoisotopic (exact) mass is 376 g/mol. The number of benzene rings is 2. The normalized spacial score (nSPS) is 14.3. The van der Waals surface area contributed by atoms with E-state index in [1.807, 2.05) is 25.1 Å². The Hall–Kier alpha value is -2.81. The zero-order chi connectivity index (χ0) is 19.9. The second-order valence-electron chi connectivity index (χ2n) is 7.25. The summed E-state index contributed by atoms with van der Waals surface area (Å²) in [5.41, 5.74) is 6.96. The number of carbonyl (C=O) groups excluding carboxylic acids is 1. The molecule has 0 aromatic heterocycles. The maximum absolute atomic E-state index is 11.5. The molecule has 0 saturated heterocycles. The Labute approximate surface area is 167 Å². The van der Waals surface area contributed by atoms with E-state index in [4.69, 9.17) is 4.74 Å². The summed E-state index contributed by atoms with van der Waals surface area (Å²) in [4.78, 5) is 11.5. The van der Waals surface area contributed by atoms with Crippen LogP contribution in [-0.4, -0.2) is 17.7 Å². The Morgan fingerprint density at radius 2 is 1.71 bits per heavy atom. The summed E-state index contributed by atoms with van der Waals surface area (Å²) in [6.07, 6.45) is 9.25. The first kappa shape index (κ1) is 19.9. The summed E-state index contributed by atoms with van der Waals surface area (Å²) in [5, 5.41) is 9.92. The van der Waals surface area contributed by atoms with Crippen molar-refractivity contribution in [3.63, 3.8) is 0 Å². The Balaban J connectivity index is 1.95. The third-order valence-electron chi connectivity index (χ3n) is 5.19. The Morgan fingerprint density at radius 1 is 1.04 bits per heavy atom. The number of esters is 1. The number of phenols is 1. The molecular formula is C25H28O3. The van der Waals surface area contributed by atoms with Gasteiger partial charge in [-0.3, -0.25) is 0 Å². The lowest BCUT2D eigenvalue weighted by atomic mass is 9.84. The smallest absolute Gasteiger partial charge is 0.330 e. The highest BCUT2D eigenvalue weighted by Crippen LogP contribution is 2.36. The van der Waals surface area contributed by atoms with Gasteiger partial charge in [0.2, 0.25) is 0 Å². The van der Waals surface area contributed by atoms with Gasteiger partial charge in [-0.15, -0.1) is 0 Å². The zero-order valence-electron chi connectivity index (χ0n) is 16.7. The quantitative estimate of drug-likeness (QED) is 0.511. The van der Waals surface area contributed by atoms with Gasteiger partial charge >= 0.3 is 5.97 Å². The van der Waals surface area contributed by atoms with E-state index in [-0.39, 0.29) is 5.97 Å². The van der Waals surface area contributed by atoms with Crippen molar-refractivity contribution in [3.05, 3.63) is 76.4 Å². The lowest BCUT2D eigenvalue weighted by Gasteiger charge is -2.21. The fourth-order valence-electron chi connectivity index (χ4n) is 3.73. The van der Waals surface area contributed by atoms with Crippen LogP contribution in [0.2, 0.25) is 0 Å². The van der Waals surface area contributed by atoms with Crippen LogP contribution in [0.4, 0.5) is 0 Å². The molecule has 0 heterocycles. The second kappa shape index (κ2) is 9.41. The molecule has 0 atom stereocenters. The molecule has 0 amide bonds. The van der Waals surface area contributed by atoms with Crippen LogP contribution in [-0.2, 0) is 9.53 Å². The van der Waals surface area contributed by atoms with Crippen molar-refractivity contribution in [2.24, 2.45) is 0 Å². The molecule has 1 aliphatic rings. The molecular weight excluding hydrogens is 348 g/mol. The number of rotatable bonds is 5. The largest absolute Gasteiger partial charge is 0.508 e. The van der Waals surface area contributed by atoms with Crippen molar-refractivity contribution in [2.45, 2.75) is 46.0 Å². The van der Waals surface area contributed by atoms with Gasteiger partial charge in [0, 0.05) is 6.08 Å². The van der Waals surface area contributed by atoms with Gasteiger partial charge < -0.3 is 9.84 Å². The number of carbonyl (C=O) groups is 1. The van der Waals surface area contributed by atoms with Crippen LogP contribution >= 0.6 is 0 Å². The highest BCUT2D eigenvalue weighted by Gasteiger charge is 2.15. The Morgan fingerprint density at radius 3 is 2.36 bits per heavy atom. The van der Waals surface area contributed by atoms with Gasteiger partial charge in [-0.2, -0.15) is 0 Å². The number of allylic oxidation sites excluding steroid dienone is 1. The van der Waals surface area contributed by atoms with Crippen LogP contribution in [0.3, 0.4) is 0 Å². The molecule has 1 fully saturated rings. The molecule has 0 radical (unpaired) electrons. The molecule has 1 N–H and O–H groups in total. The van der Waals surface area contributed by atoms with E-state index in [0.717, 1.165) is 29.5 Å². The summed E-state index contributed by atoms with van der Waals surface area (Å²) in [7, 11) is 0. The van der Waals surface area contributed by atoms with Crippen molar-refractivity contribution >= 4 is 17.6 Å². The van der Waals surface area contributed by atoms with E-state index in [1.54, 1.807) is 19.1 Å². The highest BCUT2D eigenvalue weighted by molar-refractivity contribution is 5.87. The SMILES string of the molecule is CCOC(=O)/C=C/c1ccc(C(=C2CCCCC2)c2ccc(O)c(C)c2)cc1. The fraction of sp³-hybridized carbons (Fsp3) is 0.320. The molecule has 1 saturated carbocycles. The first-order valence-electron chi connectivity index (χ1n) is 10.1. The third kappa shape index (κ3) is 4.92. The standard InChI is InChI=1S/C25H28O3/c1-3-28-24(27)16-11-19-9-12-21(13-10-19)25(20-7-5-4-6-8-20)22-14-15-23(26)18(2)17-22/h9-17,26H,3-8H2,1-2H3/b16-11+. The summed E-state index contributed by atoms with van der Waals surface area (Å²) >= 11 is 0. The van der Waals surface area contributed by atoms with E-state index in [1.165, 1.54) is 42.0 Å². The van der Waals surface area contributed by atoms with Gasteiger partial charge in [0.25, 0.3) is 0 Å². The molecule has 2 aromatic rings. The van der Waals surface area contributed by atoms with Crippen LogP contribution in [0.5, 0.6) is 5.75 Å². The van der Waals surface area contributed by atoms with E-state index < -0.39 is 0 Å². The van der Waals surface area contributed by atoms with Crippen molar-refractivity contribution in [2.75, 3.05) is 6.61 Å². The molecule has 0 bridgehead atoms. The average molecular weight is 376 g/mol. The van der Waals surface area contributed by atoms with Crippen molar-refractivity contribution in [1.29, 1.82) is 0 Å². The molecule has 3 rings (SSSR count). The van der Waals surface area contributed by atoms with Crippen LogP contribution < -0.4 is 0 Å². The summed E-state index contributed by atoms with van der Waals surface area (Å²) in [5.74, 6) is 0.00681. The van der Waals surface area contributed by atoms with Gasteiger partial charge in [0.15, 0.2) is 0 Å². The summed E-state index contributed by atoms with van der Waals surface area (Å²) in [6, 6.07) is 14.1. The van der Waals surface area contributed by atoms with Gasteiger partial charge in [-0.1, -0.05) is 42.3 Å². The molecule has 0 spiro atoms. The Kier molecular flexibility index (Phi) is 6.70. The lowest BCUT2D eigenvalue weighted by molar-refractivity contribution is -0.137. The number of ether oxygens (including phenoxy) is 1. The highest BCUT2D eigenvalue weighted by atomic mass is 16.5. The maximum atomic E-state index is 11.5. The van der Waals surface area contributed by atoms with Crippen molar-refractivity contribution < 1.29 is 14.6 Å². The van der Waals surface area contributed by atoms with Crippen molar-refractivity contribution in [3.8, 4) is 5.75 Å². The van der Waals surface area contributed by atoms with Crippen molar-refractivity contribution in [1.82, 2.24) is 0 Å². The average Bonchev–Trinajstić information content (AvgIpc) is 2.71. The molecule has 2 aromatic carbocycles. The maximum Gasteiger partial charge on any atom is 0.330 e. The predicted octanol–water partition coefficient (Wildman–Crippen LogP) is 6.04. The van der Waals surface area contributed by atoms with Crippen LogP contribution in [0.25, 0.3) is 11.6 Å². The number of aromatic hydroxyl groups is 1. The van der Waals surface area contributed by atoms with E-state index in [9.17, 15) is 9.90 Å². The molecule has 28 heavy (non-hydrogen) atoms. The molecule has 146 valence electrons. The number of hydrogen-bond acceptors (Lipinski definition) is 3.